The van der Waals surface area contributed by atoms with Crippen LogP contribution >= 0.6 is 0 Å². The van der Waals surface area contributed by atoms with Gasteiger partial charge in [0.05, 0.1) is 11.6 Å². The highest BCUT2D eigenvalue weighted by Gasteiger charge is 2.20. The molecule has 0 aliphatic rings. The SMILES string of the molecule is N#Cc1ccccc1-c1ccccc1-c1cc(-c2cccc3c2oc2ccccc23)ccc1-c1cccc2oc3ccccc3c12. The van der Waals surface area contributed by atoms with Crippen molar-refractivity contribution in [2.45, 2.75) is 0 Å². The topological polar surface area (TPSA) is 50.1 Å². The van der Waals surface area contributed by atoms with Crippen molar-refractivity contribution in [3.8, 4) is 50.6 Å². The first-order chi connectivity index (χ1) is 22.8. The van der Waals surface area contributed by atoms with Gasteiger partial charge in [-0.3, -0.25) is 0 Å². The Morgan fingerprint density at radius 3 is 1.78 bits per heavy atom. The number of benzene rings is 7. The molecule has 0 N–H and O–H groups in total. The van der Waals surface area contributed by atoms with E-state index in [0.29, 0.717) is 5.56 Å². The van der Waals surface area contributed by atoms with Gasteiger partial charge < -0.3 is 8.83 Å². The molecular formula is C43H25NO2. The van der Waals surface area contributed by atoms with Crippen molar-refractivity contribution in [1.29, 1.82) is 5.26 Å². The lowest BCUT2D eigenvalue weighted by molar-refractivity contribution is 0.669. The first kappa shape index (κ1) is 26.1. The van der Waals surface area contributed by atoms with Gasteiger partial charge in [0.2, 0.25) is 0 Å². The van der Waals surface area contributed by atoms with Gasteiger partial charge in [-0.1, -0.05) is 121 Å². The standard InChI is InChI=1S/C43H25NO2/c44-26-28-11-1-2-12-29(28)31-13-3-4-14-32(31)38-25-27(30-17-9-19-36-34-15-5-7-20-39(34)46-43(30)36)23-24-33(38)35-18-10-22-41-42(35)37-16-6-8-21-40(37)45-41/h1-25H. The first-order valence-corrected chi connectivity index (χ1v) is 15.3. The molecule has 0 aliphatic carbocycles. The minimum absolute atomic E-state index is 0.641. The van der Waals surface area contributed by atoms with E-state index in [0.717, 1.165) is 88.4 Å². The minimum Gasteiger partial charge on any atom is -0.456 e. The van der Waals surface area contributed by atoms with Gasteiger partial charge in [0, 0.05) is 32.7 Å². The van der Waals surface area contributed by atoms with E-state index in [4.69, 9.17) is 8.83 Å². The predicted molar refractivity (Wildman–Crippen MR) is 187 cm³/mol. The molecule has 0 aliphatic heterocycles. The van der Waals surface area contributed by atoms with Crippen LogP contribution in [-0.4, -0.2) is 0 Å². The average molecular weight is 588 g/mol. The van der Waals surface area contributed by atoms with Crippen molar-refractivity contribution in [1.82, 2.24) is 0 Å². The zero-order valence-electron chi connectivity index (χ0n) is 24.7. The molecule has 0 fully saturated rings. The van der Waals surface area contributed by atoms with E-state index in [2.05, 4.69) is 91.0 Å². The minimum atomic E-state index is 0.641. The third kappa shape index (κ3) is 3.98. The summed E-state index contributed by atoms with van der Waals surface area (Å²) < 4.78 is 12.8. The highest BCUT2D eigenvalue weighted by molar-refractivity contribution is 6.15. The van der Waals surface area contributed by atoms with Crippen LogP contribution in [0.4, 0.5) is 0 Å². The lowest BCUT2D eigenvalue weighted by atomic mass is 9.85. The Morgan fingerprint density at radius 2 is 0.957 bits per heavy atom. The molecule has 3 nitrogen and oxygen atoms in total. The summed E-state index contributed by atoms with van der Waals surface area (Å²) in [6.45, 7) is 0. The Labute approximate surface area is 265 Å². The Bertz CT molecular complexity index is 2670. The van der Waals surface area contributed by atoms with Crippen LogP contribution in [-0.2, 0) is 0 Å². The Morgan fingerprint density at radius 1 is 0.391 bits per heavy atom. The van der Waals surface area contributed by atoms with E-state index < -0.39 is 0 Å². The lowest BCUT2D eigenvalue weighted by Crippen LogP contribution is -1.93. The molecule has 46 heavy (non-hydrogen) atoms. The third-order valence-corrected chi connectivity index (χ3v) is 8.98. The van der Waals surface area contributed by atoms with E-state index in [1.54, 1.807) is 0 Å². The molecule has 9 aromatic rings. The van der Waals surface area contributed by atoms with Gasteiger partial charge in [0.15, 0.2) is 0 Å². The zero-order valence-corrected chi connectivity index (χ0v) is 24.7. The highest BCUT2D eigenvalue weighted by atomic mass is 16.3. The molecule has 7 aromatic carbocycles. The maximum atomic E-state index is 10.1. The normalized spacial score (nSPS) is 11.5. The fourth-order valence-corrected chi connectivity index (χ4v) is 6.91. The van der Waals surface area contributed by atoms with Crippen molar-refractivity contribution < 1.29 is 8.83 Å². The number of nitriles is 1. The van der Waals surface area contributed by atoms with Crippen LogP contribution in [0.2, 0.25) is 0 Å². The van der Waals surface area contributed by atoms with Gasteiger partial charge in [0.25, 0.3) is 0 Å². The number of nitrogens with zero attached hydrogens (tertiary/aromatic N) is 1. The molecule has 2 heterocycles. The van der Waals surface area contributed by atoms with Crippen molar-refractivity contribution in [2.75, 3.05) is 0 Å². The Balaban J connectivity index is 1.36. The van der Waals surface area contributed by atoms with Crippen LogP contribution in [0, 0.1) is 11.3 Å². The molecule has 0 unspecified atom stereocenters. The van der Waals surface area contributed by atoms with Gasteiger partial charge in [-0.15, -0.1) is 0 Å². The summed E-state index contributed by atoms with van der Waals surface area (Å²) >= 11 is 0. The molecule has 0 atom stereocenters. The van der Waals surface area contributed by atoms with Crippen LogP contribution < -0.4 is 0 Å². The number of para-hydroxylation sites is 3. The summed E-state index contributed by atoms with van der Waals surface area (Å²) in [7, 11) is 0. The number of furan rings is 2. The highest BCUT2D eigenvalue weighted by Crippen LogP contribution is 2.45. The van der Waals surface area contributed by atoms with Crippen LogP contribution in [0.1, 0.15) is 5.56 Å². The predicted octanol–water partition coefficient (Wildman–Crippen LogP) is 12.0. The summed E-state index contributed by atoms with van der Waals surface area (Å²) in [5.41, 5.74) is 12.4. The molecule has 0 radical (unpaired) electrons. The summed E-state index contributed by atoms with van der Waals surface area (Å²) in [6.07, 6.45) is 0. The molecule has 9 rings (SSSR count). The maximum Gasteiger partial charge on any atom is 0.143 e. The van der Waals surface area contributed by atoms with Crippen molar-refractivity contribution in [3.63, 3.8) is 0 Å². The number of fused-ring (bicyclic) bond motifs is 6. The van der Waals surface area contributed by atoms with Gasteiger partial charge >= 0.3 is 0 Å². The Kier molecular flexibility index (Phi) is 5.88. The number of rotatable bonds is 4. The summed E-state index contributed by atoms with van der Waals surface area (Å²) in [5.74, 6) is 0. The molecule has 2 aromatic heterocycles. The van der Waals surface area contributed by atoms with E-state index in [1.165, 1.54) is 0 Å². The van der Waals surface area contributed by atoms with Crippen LogP contribution in [0.3, 0.4) is 0 Å². The van der Waals surface area contributed by atoms with Gasteiger partial charge in [0.1, 0.15) is 22.3 Å². The fourth-order valence-electron chi connectivity index (χ4n) is 6.91. The second-order valence-electron chi connectivity index (χ2n) is 11.5. The summed E-state index contributed by atoms with van der Waals surface area (Å²) in [6, 6.07) is 54.3. The molecule has 214 valence electrons. The molecule has 0 spiro atoms. The average Bonchev–Trinajstić information content (AvgIpc) is 3.70. The summed E-state index contributed by atoms with van der Waals surface area (Å²) in [5, 5.41) is 14.4. The van der Waals surface area contributed by atoms with Crippen molar-refractivity contribution >= 4 is 43.9 Å². The largest absolute Gasteiger partial charge is 0.456 e. The molecule has 0 saturated heterocycles. The van der Waals surface area contributed by atoms with Crippen molar-refractivity contribution in [3.05, 3.63) is 157 Å². The third-order valence-electron chi connectivity index (χ3n) is 8.98. The lowest BCUT2D eigenvalue weighted by Gasteiger charge is -2.18. The van der Waals surface area contributed by atoms with Gasteiger partial charge in [-0.05, 0) is 63.7 Å². The van der Waals surface area contributed by atoms with E-state index in [1.807, 2.05) is 66.7 Å². The zero-order chi connectivity index (χ0) is 30.6. The van der Waals surface area contributed by atoms with Crippen LogP contribution in [0.25, 0.3) is 88.4 Å². The van der Waals surface area contributed by atoms with Gasteiger partial charge in [-0.2, -0.15) is 5.26 Å². The van der Waals surface area contributed by atoms with E-state index in [-0.39, 0.29) is 0 Å². The van der Waals surface area contributed by atoms with E-state index >= 15 is 0 Å². The van der Waals surface area contributed by atoms with Crippen LogP contribution in [0.15, 0.2) is 160 Å². The number of hydrogen-bond acceptors (Lipinski definition) is 3. The van der Waals surface area contributed by atoms with Crippen LogP contribution in [0.5, 0.6) is 0 Å². The fraction of sp³-hybridized carbons (Fsp3) is 0. The second-order valence-corrected chi connectivity index (χ2v) is 11.5. The first-order valence-electron chi connectivity index (χ1n) is 15.3. The second kappa shape index (κ2) is 10.4. The Hall–Kier alpha value is -6.37. The summed E-state index contributed by atoms with van der Waals surface area (Å²) in [4.78, 5) is 0. The quantitative estimate of drug-likeness (QED) is 0.206. The molecule has 0 bridgehead atoms. The molecule has 3 heteroatoms. The molecule has 0 saturated carbocycles. The monoisotopic (exact) mass is 587 g/mol. The van der Waals surface area contributed by atoms with Crippen molar-refractivity contribution in [2.24, 2.45) is 0 Å². The van der Waals surface area contributed by atoms with E-state index in [9.17, 15) is 5.26 Å². The van der Waals surface area contributed by atoms with Gasteiger partial charge in [-0.25, -0.2) is 0 Å². The molecular weight excluding hydrogens is 562 g/mol. The molecule has 0 amide bonds. The number of hydrogen-bond donors (Lipinski definition) is 0. The smallest absolute Gasteiger partial charge is 0.143 e. The maximum absolute atomic E-state index is 10.1.